The summed E-state index contributed by atoms with van der Waals surface area (Å²) in [5.74, 6) is 0.312. The Labute approximate surface area is 123 Å². The molecular formula is C15H17ClN2O2. The van der Waals surface area contributed by atoms with Crippen LogP contribution in [0.1, 0.15) is 31.3 Å². The van der Waals surface area contributed by atoms with Crippen LogP contribution in [0.2, 0.25) is 5.02 Å². The van der Waals surface area contributed by atoms with Crippen molar-refractivity contribution in [3.8, 4) is 11.3 Å². The van der Waals surface area contributed by atoms with Gasteiger partial charge in [-0.05, 0) is 29.7 Å². The first kappa shape index (κ1) is 14.6. The maximum absolute atomic E-state index is 11.9. The first-order valence-corrected chi connectivity index (χ1v) is 6.74. The van der Waals surface area contributed by atoms with Gasteiger partial charge in [-0.1, -0.05) is 37.5 Å². The summed E-state index contributed by atoms with van der Waals surface area (Å²) in [6.45, 7) is 6.73. The lowest BCUT2D eigenvalue weighted by molar-refractivity contribution is 0.0930. The molecule has 0 spiro atoms. The molecule has 106 valence electrons. The van der Waals surface area contributed by atoms with E-state index in [1.165, 1.54) is 0 Å². The summed E-state index contributed by atoms with van der Waals surface area (Å²) in [7, 11) is 0. The fraction of sp³-hybridized carbons (Fsp3) is 0.333. The molecule has 20 heavy (non-hydrogen) atoms. The molecule has 1 heterocycles. The summed E-state index contributed by atoms with van der Waals surface area (Å²) in [4.78, 5) is 11.9. The monoisotopic (exact) mass is 292 g/mol. The second kappa shape index (κ2) is 5.67. The number of carbonyl (C=O) groups excluding carboxylic acids is 1. The van der Waals surface area contributed by atoms with Crippen molar-refractivity contribution in [2.45, 2.75) is 20.8 Å². The van der Waals surface area contributed by atoms with Crippen LogP contribution in [0.3, 0.4) is 0 Å². The van der Waals surface area contributed by atoms with Crippen LogP contribution in [-0.4, -0.2) is 17.6 Å². The number of nitrogens with zero attached hydrogens (tertiary/aromatic N) is 1. The highest BCUT2D eigenvalue weighted by Crippen LogP contribution is 2.22. The van der Waals surface area contributed by atoms with Crippen LogP contribution in [0, 0.1) is 5.41 Å². The van der Waals surface area contributed by atoms with Crippen LogP contribution in [0.25, 0.3) is 11.3 Å². The minimum atomic E-state index is -0.233. The second-order valence-electron chi connectivity index (χ2n) is 5.83. The van der Waals surface area contributed by atoms with E-state index in [1.807, 2.05) is 12.1 Å². The highest BCUT2D eigenvalue weighted by molar-refractivity contribution is 6.30. The minimum Gasteiger partial charge on any atom is -0.355 e. The zero-order valence-electron chi connectivity index (χ0n) is 11.7. The first-order chi connectivity index (χ1) is 9.35. The third kappa shape index (κ3) is 3.84. The third-order valence-electron chi connectivity index (χ3n) is 2.65. The summed E-state index contributed by atoms with van der Waals surface area (Å²) in [6, 6.07) is 8.79. The molecule has 5 heteroatoms. The third-order valence-corrected chi connectivity index (χ3v) is 2.90. The minimum absolute atomic E-state index is 0.0262. The maximum Gasteiger partial charge on any atom is 0.273 e. The van der Waals surface area contributed by atoms with E-state index in [0.29, 0.717) is 17.3 Å². The maximum atomic E-state index is 11.9. The molecule has 2 aromatic rings. The largest absolute Gasteiger partial charge is 0.355 e. The Hall–Kier alpha value is -1.81. The molecule has 0 aliphatic carbocycles. The van der Waals surface area contributed by atoms with Crippen molar-refractivity contribution in [2.24, 2.45) is 5.41 Å². The second-order valence-corrected chi connectivity index (χ2v) is 6.26. The Morgan fingerprint density at radius 3 is 2.55 bits per heavy atom. The van der Waals surface area contributed by atoms with Gasteiger partial charge in [0.25, 0.3) is 5.91 Å². The predicted octanol–water partition coefficient (Wildman–Crippen LogP) is 3.77. The quantitative estimate of drug-likeness (QED) is 0.937. The molecular weight excluding hydrogens is 276 g/mol. The number of nitrogens with one attached hydrogen (secondary N) is 1. The molecule has 0 unspecified atom stereocenters. The number of hydrogen-bond acceptors (Lipinski definition) is 3. The summed E-state index contributed by atoms with van der Waals surface area (Å²) in [5.41, 5.74) is 1.13. The number of hydrogen-bond donors (Lipinski definition) is 1. The number of benzene rings is 1. The summed E-state index contributed by atoms with van der Waals surface area (Å²) >= 11 is 5.83. The van der Waals surface area contributed by atoms with E-state index in [0.717, 1.165) is 5.56 Å². The molecule has 0 saturated carbocycles. The van der Waals surface area contributed by atoms with Crippen LogP contribution in [0.15, 0.2) is 34.9 Å². The van der Waals surface area contributed by atoms with Gasteiger partial charge in [0.2, 0.25) is 0 Å². The topological polar surface area (TPSA) is 55.1 Å². The van der Waals surface area contributed by atoms with E-state index in [9.17, 15) is 4.79 Å². The van der Waals surface area contributed by atoms with Gasteiger partial charge in [0.05, 0.1) is 0 Å². The molecule has 1 N–H and O–H groups in total. The Morgan fingerprint density at radius 2 is 1.95 bits per heavy atom. The predicted molar refractivity (Wildman–Crippen MR) is 78.7 cm³/mol. The van der Waals surface area contributed by atoms with Crippen LogP contribution in [0.4, 0.5) is 0 Å². The van der Waals surface area contributed by atoms with E-state index < -0.39 is 0 Å². The van der Waals surface area contributed by atoms with Crippen LogP contribution in [-0.2, 0) is 0 Å². The van der Waals surface area contributed by atoms with Gasteiger partial charge in [-0.2, -0.15) is 0 Å². The summed E-state index contributed by atoms with van der Waals surface area (Å²) in [6.07, 6.45) is 0. The molecule has 1 aromatic heterocycles. The Morgan fingerprint density at radius 1 is 1.30 bits per heavy atom. The number of halogens is 1. The summed E-state index contributed by atoms with van der Waals surface area (Å²) < 4.78 is 5.19. The highest BCUT2D eigenvalue weighted by atomic mass is 35.5. The number of amides is 1. The SMILES string of the molecule is CC(C)(C)CNC(=O)c1cc(-c2ccc(Cl)cc2)on1. The van der Waals surface area contributed by atoms with Crippen molar-refractivity contribution < 1.29 is 9.32 Å². The fourth-order valence-electron chi connectivity index (χ4n) is 1.57. The van der Waals surface area contributed by atoms with E-state index in [2.05, 4.69) is 31.2 Å². The Bertz CT molecular complexity index is 597. The molecule has 2 rings (SSSR count). The lowest BCUT2D eigenvalue weighted by Crippen LogP contribution is -2.32. The van der Waals surface area contributed by atoms with Gasteiger partial charge >= 0.3 is 0 Å². The van der Waals surface area contributed by atoms with E-state index in [-0.39, 0.29) is 17.0 Å². The number of carbonyl (C=O) groups is 1. The van der Waals surface area contributed by atoms with E-state index in [4.69, 9.17) is 16.1 Å². The molecule has 0 atom stereocenters. The van der Waals surface area contributed by atoms with E-state index >= 15 is 0 Å². The zero-order chi connectivity index (χ0) is 14.8. The first-order valence-electron chi connectivity index (χ1n) is 6.36. The smallest absolute Gasteiger partial charge is 0.273 e. The average Bonchev–Trinajstić information content (AvgIpc) is 2.85. The van der Waals surface area contributed by atoms with Gasteiger partial charge in [0.15, 0.2) is 11.5 Å². The van der Waals surface area contributed by atoms with Crippen molar-refractivity contribution >= 4 is 17.5 Å². The van der Waals surface area contributed by atoms with Crippen LogP contribution < -0.4 is 5.32 Å². The number of rotatable bonds is 3. The molecule has 0 aliphatic heterocycles. The normalized spacial score (nSPS) is 11.4. The molecule has 1 aromatic carbocycles. The average molecular weight is 293 g/mol. The molecule has 0 radical (unpaired) electrons. The van der Waals surface area contributed by atoms with E-state index in [1.54, 1.807) is 18.2 Å². The van der Waals surface area contributed by atoms with Gasteiger partial charge in [-0.15, -0.1) is 0 Å². The van der Waals surface area contributed by atoms with Gasteiger partial charge in [-0.3, -0.25) is 4.79 Å². The lowest BCUT2D eigenvalue weighted by atomic mass is 9.97. The molecule has 4 nitrogen and oxygen atoms in total. The number of aromatic nitrogens is 1. The Balaban J connectivity index is 2.09. The lowest BCUT2D eigenvalue weighted by Gasteiger charge is -2.17. The fourth-order valence-corrected chi connectivity index (χ4v) is 1.69. The van der Waals surface area contributed by atoms with Gasteiger partial charge in [-0.25, -0.2) is 0 Å². The van der Waals surface area contributed by atoms with Gasteiger partial charge in [0.1, 0.15) is 0 Å². The Kier molecular flexibility index (Phi) is 4.14. The molecule has 0 fully saturated rings. The van der Waals surface area contributed by atoms with Gasteiger partial charge in [0, 0.05) is 23.2 Å². The molecule has 1 amide bonds. The molecule has 0 bridgehead atoms. The van der Waals surface area contributed by atoms with Crippen molar-refractivity contribution in [3.05, 3.63) is 41.0 Å². The standard InChI is InChI=1S/C15H17ClN2O2/c1-15(2,3)9-17-14(19)12-8-13(20-18-12)10-4-6-11(16)7-5-10/h4-8H,9H2,1-3H3,(H,17,19). The highest BCUT2D eigenvalue weighted by Gasteiger charge is 2.16. The van der Waals surface area contributed by atoms with Crippen LogP contribution in [0.5, 0.6) is 0 Å². The molecule has 0 saturated heterocycles. The zero-order valence-corrected chi connectivity index (χ0v) is 12.5. The molecule has 0 aliphatic rings. The van der Waals surface area contributed by atoms with Gasteiger partial charge < -0.3 is 9.84 Å². The van der Waals surface area contributed by atoms with Crippen LogP contribution >= 0.6 is 11.6 Å². The summed E-state index contributed by atoms with van der Waals surface area (Å²) in [5, 5.41) is 7.28. The van der Waals surface area contributed by atoms with Crippen molar-refractivity contribution in [2.75, 3.05) is 6.54 Å². The van der Waals surface area contributed by atoms with Crippen molar-refractivity contribution in [3.63, 3.8) is 0 Å². The van der Waals surface area contributed by atoms with Crippen molar-refractivity contribution in [1.82, 2.24) is 10.5 Å². The van der Waals surface area contributed by atoms with Crippen molar-refractivity contribution in [1.29, 1.82) is 0 Å².